The van der Waals surface area contributed by atoms with Gasteiger partial charge in [-0.05, 0) is 68.7 Å². The summed E-state index contributed by atoms with van der Waals surface area (Å²) in [6.07, 6.45) is 5.40. The molecule has 1 aliphatic rings. The molecule has 33 heavy (non-hydrogen) atoms. The van der Waals surface area contributed by atoms with Gasteiger partial charge in [-0.3, -0.25) is 14.3 Å². The lowest BCUT2D eigenvalue weighted by atomic mass is 10.1. The molecule has 0 unspecified atom stereocenters. The Bertz CT molecular complexity index is 1190. The van der Waals surface area contributed by atoms with Crippen molar-refractivity contribution in [2.75, 3.05) is 18.4 Å². The van der Waals surface area contributed by atoms with Crippen LogP contribution in [0.3, 0.4) is 0 Å². The molecule has 2 amide bonds. The molecule has 2 aromatic carbocycles. The van der Waals surface area contributed by atoms with Crippen LogP contribution in [0.2, 0.25) is 5.02 Å². The molecule has 1 fully saturated rings. The van der Waals surface area contributed by atoms with Crippen molar-refractivity contribution in [3.05, 3.63) is 87.7 Å². The van der Waals surface area contributed by atoms with Crippen LogP contribution in [0, 0.1) is 13.8 Å². The summed E-state index contributed by atoms with van der Waals surface area (Å²) in [5, 5.41) is 8.16. The number of aromatic nitrogens is 2. The number of hydrogen-bond acceptors (Lipinski definition) is 3. The number of amides is 2. The summed E-state index contributed by atoms with van der Waals surface area (Å²) in [7, 11) is 0. The zero-order valence-electron chi connectivity index (χ0n) is 18.8. The normalized spacial score (nSPS) is 13.6. The summed E-state index contributed by atoms with van der Waals surface area (Å²) in [5.41, 5.74) is 4.98. The van der Waals surface area contributed by atoms with Gasteiger partial charge in [-0.15, -0.1) is 0 Å². The van der Waals surface area contributed by atoms with E-state index in [9.17, 15) is 9.59 Å². The highest BCUT2D eigenvalue weighted by Crippen LogP contribution is 2.21. The quantitative estimate of drug-likeness (QED) is 0.519. The van der Waals surface area contributed by atoms with Gasteiger partial charge < -0.3 is 10.2 Å². The molecule has 1 aliphatic heterocycles. The molecule has 4 rings (SSSR count). The number of halogens is 1. The molecule has 0 atom stereocenters. The van der Waals surface area contributed by atoms with Crippen molar-refractivity contribution in [1.29, 1.82) is 0 Å². The van der Waals surface area contributed by atoms with Gasteiger partial charge in [0.15, 0.2) is 0 Å². The van der Waals surface area contributed by atoms with Crippen molar-refractivity contribution in [2.45, 2.75) is 33.2 Å². The number of nitrogens with one attached hydrogen (secondary N) is 1. The first-order valence-corrected chi connectivity index (χ1v) is 11.5. The number of likely N-dealkylation sites (tertiary alicyclic amines) is 1. The largest absolute Gasteiger partial charge is 0.339 e. The molecule has 0 radical (unpaired) electrons. The Morgan fingerprint density at radius 3 is 2.45 bits per heavy atom. The molecule has 0 bridgehead atoms. The van der Waals surface area contributed by atoms with E-state index in [1.54, 1.807) is 30.3 Å². The van der Waals surface area contributed by atoms with Crippen molar-refractivity contribution in [1.82, 2.24) is 14.7 Å². The zero-order valence-corrected chi connectivity index (χ0v) is 19.6. The SMILES string of the molecule is Cc1nn(Cc2ccccc2Cl)c(C)c1/C=C/C(=O)Nc1ccc(C(=O)N2CCCC2)cc1. The molecule has 0 spiro atoms. The van der Waals surface area contributed by atoms with E-state index in [4.69, 9.17) is 11.6 Å². The summed E-state index contributed by atoms with van der Waals surface area (Å²) in [6, 6.07) is 14.7. The van der Waals surface area contributed by atoms with Gasteiger partial charge in [0.1, 0.15) is 0 Å². The number of carbonyl (C=O) groups excluding carboxylic acids is 2. The van der Waals surface area contributed by atoms with Gasteiger partial charge in [-0.25, -0.2) is 0 Å². The molecule has 1 aromatic heterocycles. The second-order valence-corrected chi connectivity index (χ2v) is 8.64. The second-order valence-electron chi connectivity index (χ2n) is 8.23. The maximum atomic E-state index is 12.5. The van der Waals surface area contributed by atoms with E-state index in [0.717, 1.165) is 48.4 Å². The van der Waals surface area contributed by atoms with E-state index in [1.807, 2.05) is 47.7 Å². The summed E-state index contributed by atoms with van der Waals surface area (Å²) in [6.45, 7) is 6.09. The van der Waals surface area contributed by atoms with E-state index in [1.165, 1.54) is 6.08 Å². The van der Waals surface area contributed by atoms with Crippen molar-refractivity contribution < 1.29 is 9.59 Å². The molecule has 6 nitrogen and oxygen atoms in total. The summed E-state index contributed by atoms with van der Waals surface area (Å²) in [4.78, 5) is 26.8. The van der Waals surface area contributed by atoms with Gasteiger partial charge in [0.25, 0.3) is 5.91 Å². The Kier molecular flexibility index (Phi) is 6.94. The first-order chi connectivity index (χ1) is 15.9. The van der Waals surface area contributed by atoms with Crippen LogP contribution in [-0.4, -0.2) is 39.6 Å². The highest BCUT2D eigenvalue weighted by atomic mass is 35.5. The van der Waals surface area contributed by atoms with Crippen LogP contribution in [0.1, 0.15) is 45.7 Å². The van der Waals surface area contributed by atoms with Crippen LogP contribution < -0.4 is 5.32 Å². The van der Waals surface area contributed by atoms with Gasteiger partial charge in [-0.1, -0.05) is 29.8 Å². The number of hydrogen-bond donors (Lipinski definition) is 1. The minimum Gasteiger partial charge on any atom is -0.339 e. The van der Waals surface area contributed by atoms with Crippen LogP contribution >= 0.6 is 11.6 Å². The predicted molar refractivity (Wildman–Crippen MR) is 131 cm³/mol. The van der Waals surface area contributed by atoms with Gasteiger partial charge in [0.05, 0.1) is 12.2 Å². The van der Waals surface area contributed by atoms with Gasteiger partial charge >= 0.3 is 0 Å². The number of rotatable bonds is 6. The number of carbonyl (C=O) groups is 2. The van der Waals surface area contributed by atoms with E-state index in [2.05, 4.69) is 10.4 Å². The van der Waals surface area contributed by atoms with Crippen LogP contribution in [0.15, 0.2) is 54.6 Å². The second kappa shape index (κ2) is 10.0. The summed E-state index contributed by atoms with van der Waals surface area (Å²) in [5.74, 6) is -0.198. The third-order valence-corrected chi connectivity index (χ3v) is 6.28. The van der Waals surface area contributed by atoms with Crippen LogP contribution in [0.25, 0.3) is 6.08 Å². The minimum absolute atomic E-state index is 0.0463. The number of benzene rings is 2. The van der Waals surface area contributed by atoms with E-state index in [-0.39, 0.29) is 11.8 Å². The topological polar surface area (TPSA) is 67.2 Å². The fourth-order valence-electron chi connectivity index (χ4n) is 4.04. The van der Waals surface area contributed by atoms with Crippen LogP contribution in [0.4, 0.5) is 5.69 Å². The van der Waals surface area contributed by atoms with Gasteiger partial charge in [0.2, 0.25) is 5.91 Å². The fraction of sp³-hybridized carbons (Fsp3) is 0.269. The number of aryl methyl sites for hydroxylation is 1. The van der Waals surface area contributed by atoms with Crippen molar-refractivity contribution >= 4 is 35.2 Å². The molecular formula is C26H27ClN4O2. The Labute approximate surface area is 198 Å². The smallest absolute Gasteiger partial charge is 0.253 e. The average molecular weight is 463 g/mol. The van der Waals surface area contributed by atoms with Crippen molar-refractivity contribution in [3.8, 4) is 0 Å². The third kappa shape index (κ3) is 5.34. The molecule has 7 heteroatoms. The maximum Gasteiger partial charge on any atom is 0.253 e. The highest BCUT2D eigenvalue weighted by molar-refractivity contribution is 6.31. The Balaban J connectivity index is 1.40. The zero-order chi connectivity index (χ0) is 23.4. The standard InChI is InChI=1S/C26H27ClN4O2/c1-18-23(19(2)31(29-18)17-21-7-3-4-8-24(21)27)13-14-25(32)28-22-11-9-20(10-12-22)26(33)30-15-5-6-16-30/h3-4,7-14H,5-6,15-17H2,1-2H3,(H,28,32)/b14-13+. The average Bonchev–Trinajstić information content (AvgIpc) is 3.43. The van der Waals surface area contributed by atoms with E-state index >= 15 is 0 Å². The van der Waals surface area contributed by atoms with Gasteiger partial charge in [0, 0.05) is 46.7 Å². The molecule has 1 N–H and O–H groups in total. The van der Waals surface area contributed by atoms with E-state index < -0.39 is 0 Å². The molecule has 1 saturated heterocycles. The molecule has 0 aliphatic carbocycles. The molecule has 3 aromatic rings. The van der Waals surface area contributed by atoms with Crippen molar-refractivity contribution in [3.63, 3.8) is 0 Å². The molecule has 170 valence electrons. The fourth-order valence-corrected chi connectivity index (χ4v) is 4.23. The van der Waals surface area contributed by atoms with Crippen molar-refractivity contribution in [2.24, 2.45) is 0 Å². The lowest BCUT2D eigenvalue weighted by molar-refractivity contribution is -0.111. The maximum absolute atomic E-state index is 12.5. The van der Waals surface area contributed by atoms with Crippen LogP contribution in [-0.2, 0) is 11.3 Å². The molecular weight excluding hydrogens is 436 g/mol. The lowest BCUT2D eigenvalue weighted by Crippen LogP contribution is -2.27. The summed E-state index contributed by atoms with van der Waals surface area (Å²) < 4.78 is 1.89. The minimum atomic E-state index is -0.244. The Hall–Kier alpha value is -3.38. The monoisotopic (exact) mass is 462 g/mol. The van der Waals surface area contributed by atoms with Gasteiger partial charge in [-0.2, -0.15) is 5.10 Å². The first-order valence-electron chi connectivity index (χ1n) is 11.1. The predicted octanol–water partition coefficient (Wildman–Crippen LogP) is 5.09. The third-order valence-electron chi connectivity index (χ3n) is 5.91. The molecule has 2 heterocycles. The first kappa shape index (κ1) is 22.8. The summed E-state index contributed by atoms with van der Waals surface area (Å²) >= 11 is 6.28. The Morgan fingerprint density at radius 1 is 1.06 bits per heavy atom. The lowest BCUT2D eigenvalue weighted by Gasteiger charge is -2.15. The number of nitrogens with zero attached hydrogens (tertiary/aromatic N) is 3. The molecule has 0 saturated carbocycles. The van der Waals surface area contributed by atoms with E-state index in [0.29, 0.717) is 22.8 Å². The Morgan fingerprint density at radius 2 is 1.76 bits per heavy atom. The highest BCUT2D eigenvalue weighted by Gasteiger charge is 2.19. The number of anilines is 1. The van der Waals surface area contributed by atoms with Crippen LogP contribution in [0.5, 0.6) is 0 Å².